The molecule has 3 aromatic heterocycles. The van der Waals surface area contributed by atoms with E-state index in [1.54, 1.807) is 48.4 Å². The second-order valence-electron chi connectivity index (χ2n) is 5.56. The summed E-state index contributed by atoms with van der Waals surface area (Å²) in [4.78, 5) is 13.3. The Kier molecular flexibility index (Phi) is 4.32. The molecule has 0 saturated heterocycles. The molecule has 0 atom stereocenters. The summed E-state index contributed by atoms with van der Waals surface area (Å²) in [6.07, 6.45) is 5.00. The monoisotopic (exact) mass is 353 g/mol. The second-order valence-corrected chi connectivity index (χ2v) is 5.56. The highest BCUT2D eigenvalue weighted by Gasteiger charge is 2.19. The van der Waals surface area contributed by atoms with Crippen LogP contribution in [0.25, 0.3) is 28.5 Å². The Morgan fingerprint density at radius 1 is 1.19 bits per heavy atom. The summed E-state index contributed by atoms with van der Waals surface area (Å²) < 4.78 is 25.5. The second kappa shape index (κ2) is 6.93. The first-order valence-corrected chi connectivity index (χ1v) is 8.04. The molecular weight excluding hydrogens is 337 g/mol. The molecular formula is C18H16FN5O2. The lowest BCUT2D eigenvalue weighted by Crippen LogP contribution is -2.10. The van der Waals surface area contributed by atoms with Crippen molar-refractivity contribution in [2.75, 3.05) is 25.6 Å². The number of benzene rings is 1. The van der Waals surface area contributed by atoms with Gasteiger partial charge < -0.3 is 14.5 Å². The van der Waals surface area contributed by atoms with E-state index in [1.807, 2.05) is 0 Å². The van der Waals surface area contributed by atoms with Crippen LogP contribution in [0.4, 0.5) is 10.3 Å². The smallest absolute Gasteiger partial charge is 0.306 e. The Bertz CT molecular complexity index is 1030. The van der Waals surface area contributed by atoms with E-state index >= 15 is 0 Å². The van der Waals surface area contributed by atoms with Gasteiger partial charge in [-0.3, -0.25) is 4.40 Å². The van der Waals surface area contributed by atoms with E-state index in [9.17, 15) is 4.39 Å². The average molecular weight is 353 g/mol. The van der Waals surface area contributed by atoms with Crippen LogP contribution in [0, 0.1) is 5.82 Å². The number of hydrogen-bond donors (Lipinski definition) is 1. The minimum atomic E-state index is -0.301. The third-order valence-corrected chi connectivity index (χ3v) is 3.87. The highest BCUT2D eigenvalue weighted by atomic mass is 19.1. The zero-order chi connectivity index (χ0) is 17.9. The summed E-state index contributed by atoms with van der Waals surface area (Å²) in [6.45, 7) is 1.14. The maximum absolute atomic E-state index is 13.3. The Hall–Kier alpha value is -3.26. The number of anilines is 1. The summed E-state index contributed by atoms with van der Waals surface area (Å²) >= 11 is 0. The zero-order valence-corrected chi connectivity index (χ0v) is 14.0. The molecule has 1 N–H and O–H groups in total. The zero-order valence-electron chi connectivity index (χ0n) is 14.0. The van der Waals surface area contributed by atoms with Crippen molar-refractivity contribution in [1.29, 1.82) is 0 Å². The van der Waals surface area contributed by atoms with Crippen LogP contribution in [0.5, 0.6) is 0 Å². The molecule has 0 spiro atoms. The first-order chi connectivity index (χ1) is 12.8. The fourth-order valence-corrected chi connectivity index (χ4v) is 2.68. The number of fused-ring (bicyclic) bond motifs is 1. The van der Waals surface area contributed by atoms with E-state index < -0.39 is 0 Å². The van der Waals surface area contributed by atoms with Gasteiger partial charge in [0.15, 0.2) is 0 Å². The van der Waals surface area contributed by atoms with Crippen molar-refractivity contribution < 1.29 is 13.5 Å². The summed E-state index contributed by atoms with van der Waals surface area (Å²) in [5, 5.41) is 3.11. The van der Waals surface area contributed by atoms with Crippen molar-refractivity contribution in [3.05, 3.63) is 54.8 Å². The van der Waals surface area contributed by atoms with Crippen molar-refractivity contribution >= 4 is 11.8 Å². The average Bonchev–Trinajstić information content (AvgIpc) is 3.24. The van der Waals surface area contributed by atoms with Crippen LogP contribution in [0.3, 0.4) is 0 Å². The first kappa shape index (κ1) is 16.2. The predicted molar refractivity (Wildman–Crippen MR) is 94.2 cm³/mol. The van der Waals surface area contributed by atoms with Gasteiger partial charge in [0.2, 0.25) is 5.95 Å². The van der Waals surface area contributed by atoms with Gasteiger partial charge in [0, 0.05) is 31.6 Å². The number of halogens is 1. The number of oxazole rings is 1. The van der Waals surface area contributed by atoms with Crippen LogP contribution in [0.1, 0.15) is 0 Å². The summed E-state index contributed by atoms with van der Waals surface area (Å²) in [5.74, 6) is 0.625. The molecule has 0 radical (unpaired) electrons. The number of rotatable bonds is 6. The highest BCUT2D eigenvalue weighted by molar-refractivity contribution is 5.79. The summed E-state index contributed by atoms with van der Waals surface area (Å²) in [5.41, 5.74) is 2.85. The standard InChI is InChI=1S/C18H16FN5O2/c1-25-10-8-21-17-20-7-6-14(22-17)16-15(12-2-4-13(19)5-3-12)23-18-24(16)9-11-26-18/h2-7,9,11H,8,10H2,1H3,(H,20,21,22). The normalized spacial score (nSPS) is 11.2. The van der Waals surface area contributed by atoms with Crippen molar-refractivity contribution in [2.24, 2.45) is 0 Å². The van der Waals surface area contributed by atoms with Gasteiger partial charge in [0.1, 0.15) is 23.5 Å². The van der Waals surface area contributed by atoms with Gasteiger partial charge in [-0.1, -0.05) is 0 Å². The molecule has 26 heavy (non-hydrogen) atoms. The molecule has 0 aliphatic carbocycles. The maximum atomic E-state index is 13.3. The number of imidazole rings is 1. The van der Waals surface area contributed by atoms with Crippen LogP contribution in [-0.2, 0) is 4.74 Å². The number of aromatic nitrogens is 4. The fourth-order valence-electron chi connectivity index (χ4n) is 2.68. The van der Waals surface area contributed by atoms with Crippen molar-refractivity contribution in [3.8, 4) is 22.6 Å². The Balaban J connectivity index is 1.80. The van der Waals surface area contributed by atoms with Crippen LogP contribution >= 0.6 is 0 Å². The van der Waals surface area contributed by atoms with Crippen molar-refractivity contribution in [2.45, 2.75) is 0 Å². The molecule has 4 aromatic rings. The van der Waals surface area contributed by atoms with Gasteiger partial charge in [-0.05, 0) is 30.3 Å². The minimum Gasteiger partial charge on any atom is -0.432 e. The first-order valence-electron chi connectivity index (χ1n) is 8.04. The quantitative estimate of drug-likeness (QED) is 0.536. The number of nitrogens with zero attached hydrogens (tertiary/aromatic N) is 4. The highest BCUT2D eigenvalue weighted by Crippen LogP contribution is 2.32. The molecule has 0 aliphatic rings. The molecule has 3 heterocycles. The third-order valence-electron chi connectivity index (χ3n) is 3.87. The van der Waals surface area contributed by atoms with Gasteiger partial charge in [-0.15, -0.1) is 0 Å². The minimum absolute atomic E-state index is 0.301. The van der Waals surface area contributed by atoms with E-state index in [0.29, 0.717) is 36.3 Å². The summed E-state index contributed by atoms with van der Waals surface area (Å²) in [6, 6.07) is 7.96. The third kappa shape index (κ3) is 3.02. The van der Waals surface area contributed by atoms with E-state index in [0.717, 1.165) is 11.3 Å². The maximum Gasteiger partial charge on any atom is 0.306 e. The molecule has 0 aliphatic heterocycles. The number of nitrogens with one attached hydrogen (secondary N) is 1. The number of methoxy groups -OCH3 is 1. The van der Waals surface area contributed by atoms with Gasteiger partial charge in [-0.2, -0.15) is 4.98 Å². The van der Waals surface area contributed by atoms with E-state index in [-0.39, 0.29) is 5.82 Å². The largest absolute Gasteiger partial charge is 0.432 e. The Labute approximate surface area is 148 Å². The molecule has 0 fully saturated rings. The van der Waals surface area contributed by atoms with E-state index in [4.69, 9.17) is 9.15 Å². The van der Waals surface area contributed by atoms with E-state index in [2.05, 4.69) is 20.3 Å². The van der Waals surface area contributed by atoms with Crippen molar-refractivity contribution in [1.82, 2.24) is 19.4 Å². The molecule has 4 rings (SSSR count). The van der Waals surface area contributed by atoms with E-state index in [1.165, 1.54) is 12.1 Å². The Morgan fingerprint density at radius 2 is 2.04 bits per heavy atom. The molecule has 132 valence electrons. The summed E-state index contributed by atoms with van der Waals surface area (Å²) in [7, 11) is 1.63. The molecule has 0 saturated carbocycles. The predicted octanol–water partition coefficient (Wildman–Crippen LogP) is 3.25. The van der Waals surface area contributed by atoms with Gasteiger partial charge in [0.25, 0.3) is 0 Å². The van der Waals surface area contributed by atoms with Crippen LogP contribution in [0.15, 0.2) is 53.4 Å². The molecule has 0 unspecified atom stereocenters. The number of hydrogen-bond acceptors (Lipinski definition) is 6. The molecule has 8 heteroatoms. The van der Waals surface area contributed by atoms with Gasteiger partial charge in [-0.25, -0.2) is 14.4 Å². The molecule has 0 amide bonds. The fraction of sp³-hybridized carbons (Fsp3) is 0.167. The SMILES string of the molecule is COCCNc1nccc(-c2c(-c3ccc(F)cc3)nc3occn23)n1. The molecule has 1 aromatic carbocycles. The topological polar surface area (TPSA) is 77.5 Å². The molecule has 7 nitrogen and oxygen atoms in total. The van der Waals surface area contributed by atoms with Crippen LogP contribution in [-0.4, -0.2) is 39.6 Å². The van der Waals surface area contributed by atoms with Crippen LogP contribution < -0.4 is 5.32 Å². The van der Waals surface area contributed by atoms with Crippen molar-refractivity contribution in [3.63, 3.8) is 0 Å². The lowest BCUT2D eigenvalue weighted by molar-refractivity contribution is 0.210. The lowest BCUT2D eigenvalue weighted by atomic mass is 10.1. The van der Waals surface area contributed by atoms with Gasteiger partial charge >= 0.3 is 5.84 Å². The van der Waals surface area contributed by atoms with Gasteiger partial charge in [0.05, 0.1) is 12.3 Å². The van der Waals surface area contributed by atoms with Crippen LogP contribution in [0.2, 0.25) is 0 Å². The lowest BCUT2D eigenvalue weighted by Gasteiger charge is -2.07. The molecule has 0 bridgehead atoms. The Morgan fingerprint density at radius 3 is 2.85 bits per heavy atom. The number of ether oxygens (including phenoxy) is 1.